The maximum absolute atomic E-state index is 3.32. The predicted molar refractivity (Wildman–Crippen MR) is 74.3 cm³/mol. The molecule has 2 bridgehead atoms. The van der Waals surface area contributed by atoms with E-state index in [-0.39, 0.29) is 0 Å². The van der Waals surface area contributed by atoms with Crippen molar-refractivity contribution in [3.8, 4) is 0 Å². The zero-order valence-electron chi connectivity index (χ0n) is 11.8. The predicted octanol–water partition coefficient (Wildman–Crippen LogP) is 2.89. The summed E-state index contributed by atoms with van der Waals surface area (Å²) in [4.78, 5) is 2.75. The van der Waals surface area contributed by atoms with Crippen LogP contribution in [0.1, 0.15) is 51.9 Å². The van der Waals surface area contributed by atoms with Crippen molar-refractivity contribution in [3.05, 3.63) is 0 Å². The quantitative estimate of drug-likeness (QED) is 0.716. The van der Waals surface area contributed by atoms with Gasteiger partial charge in [-0.15, -0.1) is 0 Å². The first kappa shape index (κ1) is 13.4. The maximum Gasteiger partial charge on any atom is 0.00357 e. The van der Waals surface area contributed by atoms with E-state index in [1.165, 1.54) is 64.6 Å². The number of nitrogens with one attached hydrogen (secondary N) is 1. The number of hydrogen-bond donors (Lipinski definition) is 1. The average molecular weight is 238 g/mol. The van der Waals surface area contributed by atoms with Crippen LogP contribution in [0.4, 0.5) is 0 Å². The van der Waals surface area contributed by atoms with E-state index in [1.807, 2.05) is 0 Å². The van der Waals surface area contributed by atoms with E-state index in [0.29, 0.717) is 6.04 Å². The second-order valence-electron chi connectivity index (χ2n) is 6.34. The van der Waals surface area contributed by atoms with Crippen molar-refractivity contribution in [2.75, 3.05) is 26.7 Å². The van der Waals surface area contributed by atoms with Crippen molar-refractivity contribution in [1.82, 2.24) is 10.2 Å². The van der Waals surface area contributed by atoms with Crippen LogP contribution < -0.4 is 5.32 Å². The number of likely N-dealkylation sites (tertiary alicyclic amines) is 1. The van der Waals surface area contributed by atoms with E-state index in [9.17, 15) is 0 Å². The Morgan fingerprint density at radius 2 is 1.88 bits per heavy atom. The van der Waals surface area contributed by atoms with E-state index in [1.54, 1.807) is 0 Å². The molecule has 1 aliphatic heterocycles. The Labute approximate surface area is 107 Å². The van der Waals surface area contributed by atoms with Gasteiger partial charge in [0.1, 0.15) is 0 Å². The monoisotopic (exact) mass is 238 g/mol. The lowest BCUT2D eigenvalue weighted by Crippen LogP contribution is -2.42. The Hall–Kier alpha value is -0.0800. The van der Waals surface area contributed by atoms with Crippen molar-refractivity contribution in [3.63, 3.8) is 0 Å². The smallest absolute Gasteiger partial charge is 0.00357 e. The van der Waals surface area contributed by atoms with E-state index < -0.39 is 0 Å². The normalized spacial score (nSPS) is 31.4. The zero-order chi connectivity index (χ0) is 12.1. The molecule has 17 heavy (non-hydrogen) atoms. The van der Waals surface area contributed by atoms with Crippen LogP contribution >= 0.6 is 0 Å². The summed E-state index contributed by atoms with van der Waals surface area (Å²) in [5.74, 6) is 2.08. The Balaban J connectivity index is 1.60. The van der Waals surface area contributed by atoms with Crippen LogP contribution in [0, 0.1) is 11.8 Å². The van der Waals surface area contributed by atoms with Gasteiger partial charge in [-0.05, 0) is 64.5 Å². The SMILES string of the molecule is CNC(C)CCCCN1CC2CCCC(C2)C1. The van der Waals surface area contributed by atoms with Gasteiger partial charge in [0, 0.05) is 19.1 Å². The molecule has 1 saturated heterocycles. The van der Waals surface area contributed by atoms with Gasteiger partial charge in [0.2, 0.25) is 0 Å². The van der Waals surface area contributed by atoms with Crippen molar-refractivity contribution in [2.45, 2.75) is 57.9 Å². The molecule has 2 heteroatoms. The van der Waals surface area contributed by atoms with Gasteiger partial charge >= 0.3 is 0 Å². The number of unbranched alkanes of at least 4 members (excludes halogenated alkanes) is 1. The molecule has 3 unspecified atom stereocenters. The Morgan fingerprint density at radius 1 is 1.18 bits per heavy atom. The van der Waals surface area contributed by atoms with Gasteiger partial charge in [0.15, 0.2) is 0 Å². The summed E-state index contributed by atoms with van der Waals surface area (Å²) < 4.78 is 0. The molecule has 100 valence electrons. The van der Waals surface area contributed by atoms with Crippen LogP contribution in [0.3, 0.4) is 0 Å². The van der Waals surface area contributed by atoms with Crippen molar-refractivity contribution < 1.29 is 0 Å². The maximum atomic E-state index is 3.32. The minimum Gasteiger partial charge on any atom is -0.317 e. The average Bonchev–Trinajstić information content (AvgIpc) is 2.34. The lowest BCUT2D eigenvalue weighted by atomic mass is 9.78. The molecular formula is C15H30N2. The summed E-state index contributed by atoms with van der Waals surface area (Å²) in [6.45, 7) is 6.44. The fourth-order valence-electron chi connectivity index (χ4n) is 3.65. The third-order valence-electron chi connectivity index (χ3n) is 4.78. The molecule has 2 nitrogen and oxygen atoms in total. The molecule has 1 heterocycles. The molecule has 3 atom stereocenters. The number of fused-ring (bicyclic) bond motifs is 2. The molecular weight excluding hydrogens is 208 g/mol. The second-order valence-corrected chi connectivity index (χ2v) is 6.34. The molecule has 1 N–H and O–H groups in total. The van der Waals surface area contributed by atoms with Crippen LogP contribution in [0.2, 0.25) is 0 Å². The first-order chi connectivity index (χ1) is 8.28. The largest absolute Gasteiger partial charge is 0.317 e. The Kier molecular flexibility index (Phi) is 5.30. The first-order valence-electron chi connectivity index (χ1n) is 7.67. The van der Waals surface area contributed by atoms with Gasteiger partial charge in [0.05, 0.1) is 0 Å². The molecule has 2 fully saturated rings. The summed E-state index contributed by atoms with van der Waals surface area (Å²) in [7, 11) is 2.07. The summed E-state index contributed by atoms with van der Waals surface area (Å²) in [6.07, 6.45) is 10.2. The minimum absolute atomic E-state index is 0.690. The molecule has 0 aromatic heterocycles. The highest BCUT2D eigenvalue weighted by Crippen LogP contribution is 2.34. The Morgan fingerprint density at radius 3 is 2.53 bits per heavy atom. The van der Waals surface area contributed by atoms with Crippen molar-refractivity contribution in [2.24, 2.45) is 11.8 Å². The van der Waals surface area contributed by atoms with E-state index in [2.05, 4.69) is 24.2 Å². The highest BCUT2D eigenvalue weighted by Gasteiger charge is 2.29. The first-order valence-corrected chi connectivity index (χ1v) is 7.67. The van der Waals surface area contributed by atoms with E-state index >= 15 is 0 Å². The molecule has 1 aliphatic carbocycles. The van der Waals surface area contributed by atoms with Crippen molar-refractivity contribution in [1.29, 1.82) is 0 Å². The molecule has 0 aromatic rings. The third kappa shape index (κ3) is 4.26. The summed E-state index contributed by atoms with van der Waals surface area (Å²) in [5.41, 5.74) is 0. The van der Waals surface area contributed by atoms with Crippen LogP contribution in [-0.4, -0.2) is 37.6 Å². The lowest BCUT2D eigenvalue weighted by molar-refractivity contribution is 0.0847. The number of piperidine rings is 1. The summed E-state index contributed by atoms with van der Waals surface area (Å²) in [6, 6.07) is 0.690. The third-order valence-corrected chi connectivity index (χ3v) is 4.78. The minimum atomic E-state index is 0.690. The van der Waals surface area contributed by atoms with Crippen LogP contribution in [0.25, 0.3) is 0 Å². The molecule has 0 spiro atoms. The standard InChI is InChI=1S/C15H30N2/c1-13(16-2)6-3-4-9-17-11-14-7-5-8-15(10-14)12-17/h13-16H,3-12H2,1-2H3. The van der Waals surface area contributed by atoms with Crippen molar-refractivity contribution >= 4 is 0 Å². The molecule has 0 aromatic carbocycles. The highest BCUT2D eigenvalue weighted by molar-refractivity contribution is 4.83. The van der Waals surface area contributed by atoms with Gasteiger partial charge in [-0.3, -0.25) is 0 Å². The van der Waals surface area contributed by atoms with Gasteiger partial charge in [-0.1, -0.05) is 12.8 Å². The highest BCUT2D eigenvalue weighted by atomic mass is 15.1. The molecule has 0 amide bonds. The lowest BCUT2D eigenvalue weighted by Gasteiger charge is -2.41. The fraction of sp³-hybridized carbons (Fsp3) is 1.00. The molecule has 1 saturated carbocycles. The van der Waals surface area contributed by atoms with Gasteiger partial charge in [-0.2, -0.15) is 0 Å². The molecule has 2 rings (SSSR count). The second kappa shape index (κ2) is 6.75. The zero-order valence-corrected chi connectivity index (χ0v) is 11.8. The van der Waals surface area contributed by atoms with Gasteiger partial charge in [-0.25, -0.2) is 0 Å². The van der Waals surface area contributed by atoms with E-state index in [0.717, 1.165) is 11.8 Å². The topological polar surface area (TPSA) is 15.3 Å². The van der Waals surface area contributed by atoms with Crippen LogP contribution in [0.15, 0.2) is 0 Å². The fourth-order valence-corrected chi connectivity index (χ4v) is 3.65. The van der Waals surface area contributed by atoms with E-state index in [4.69, 9.17) is 0 Å². The number of hydrogen-bond acceptors (Lipinski definition) is 2. The van der Waals surface area contributed by atoms with Crippen LogP contribution in [-0.2, 0) is 0 Å². The van der Waals surface area contributed by atoms with Gasteiger partial charge < -0.3 is 10.2 Å². The number of rotatable bonds is 6. The van der Waals surface area contributed by atoms with Crippen LogP contribution in [0.5, 0.6) is 0 Å². The molecule has 0 radical (unpaired) electrons. The van der Waals surface area contributed by atoms with Gasteiger partial charge in [0.25, 0.3) is 0 Å². The number of nitrogens with zero attached hydrogens (tertiary/aromatic N) is 1. The summed E-state index contributed by atoms with van der Waals surface area (Å²) in [5, 5.41) is 3.32. The molecule has 2 aliphatic rings. The summed E-state index contributed by atoms with van der Waals surface area (Å²) >= 11 is 0. The Bertz CT molecular complexity index is 205.